The van der Waals surface area contributed by atoms with Gasteiger partial charge in [0.05, 0.1) is 0 Å². The molecular formula is C13H16N4S. The molecule has 0 radical (unpaired) electrons. The number of nitrogens with zero attached hydrogens (tertiary/aromatic N) is 2. The number of aromatic nitrogens is 2. The van der Waals surface area contributed by atoms with E-state index in [9.17, 15) is 0 Å². The van der Waals surface area contributed by atoms with Crippen LogP contribution in [0.5, 0.6) is 0 Å². The molecule has 1 aromatic carbocycles. The summed E-state index contributed by atoms with van der Waals surface area (Å²) in [6.07, 6.45) is 4.34. The molecule has 0 fully saturated rings. The fourth-order valence-electron chi connectivity index (χ4n) is 1.69. The molecule has 18 heavy (non-hydrogen) atoms. The molecule has 94 valence electrons. The zero-order valence-corrected chi connectivity index (χ0v) is 11.3. The van der Waals surface area contributed by atoms with Gasteiger partial charge in [-0.1, -0.05) is 6.92 Å². The Bertz CT molecular complexity index is 525. The normalized spacial score (nSPS) is 10.3. The zero-order valence-electron chi connectivity index (χ0n) is 10.5. The first-order valence-electron chi connectivity index (χ1n) is 5.75. The van der Waals surface area contributed by atoms with E-state index in [0.717, 1.165) is 23.5 Å². The summed E-state index contributed by atoms with van der Waals surface area (Å²) in [5.41, 5.74) is 7.79. The standard InChI is InChI=1S/C13H16N4S/c1-3-11-12(14)15-8-16-13(11)17-9-4-6-10(18-2)7-5-9/h4-8H,3H2,1-2H3,(H3,14,15,16,17). The van der Waals surface area contributed by atoms with Gasteiger partial charge < -0.3 is 11.1 Å². The van der Waals surface area contributed by atoms with Crippen molar-refractivity contribution < 1.29 is 0 Å². The highest BCUT2D eigenvalue weighted by molar-refractivity contribution is 7.98. The van der Waals surface area contributed by atoms with Gasteiger partial charge in [-0.2, -0.15) is 0 Å². The van der Waals surface area contributed by atoms with E-state index in [0.29, 0.717) is 5.82 Å². The Hall–Kier alpha value is -1.75. The molecule has 0 aliphatic rings. The monoisotopic (exact) mass is 260 g/mol. The van der Waals surface area contributed by atoms with Crippen LogP contribution in [0.1, 0.15) is 12.5 Å². The van der Waals surface area contributed by atoms with Crippen LogP contribution in [-0.2, 0) is 6.42 Å². The second kappa shape index (κ2) is 5.73. The minimum absolute atomic E-state index is 0.538. The van der Waals surface area contributed by atoms with Crippen molar-refractivity contribution in [1.82, 2.24) is 9.97 Å². The summed E-state index contributed by atoms with van der Waals surface area (Å²) >= 11 is 1.72. The summed E-state index contributed by atoms with van der Waals surface area (Å²) in [6.45, 7) is 2.04. The Morgan fingerprint density at radius 2 is 1.94 bits per heavy atom. The first-order valence-corrected chi connectivity index (χ1v) is 6.97. The smallest absolute Gasteiger partial charge is 0.139 e. The van der Waals surface area contributed by atoms with Gasteiger partial charge in [0, 0.05) is 16.1 Å². The Kier molecular flexibility index (Phi) is 4.04. The first-order chi connectivity index (χ1) is 8.74. The van der Waals surface area contributed by atoms with Gasteiger partial charge in [-0.3, -0.25) is 0 Å². The molecule has 5 heteroatoms. The maximum absolute atomic E-state index is 5.84. The number of hydrogen-bond donors (Lipinski definition) is 2. The maximum atomic E-state index is 5.84. The average Bonchev–Trinajstić information content (AvgIpc) is 2.40. The molecule has 0 aliphatic carbocycles. The molecule has 0 unspecified atom stereocenters. The minimum atomic E-state index is 0.538. The highest BCUT2D eigenvalue weighted by Crippen LogP contribution is 2.23. The summed E-state index contributed by atoms with van der Waals surface area (Å²) in [4.78, 5) is 9.48. The van der Waals surface area contributed by atoms with Gasteiger partial charge in [-0.05, 0) is 36.9 Å². The summed E-state index contributed by atoms with van der Waals surface area (Å²) in [5.74, 6) is 1.32. The summed E-state index contributed by atoms with van der Waals surface area (Å²) < 4.78 is 0. The highest BCUT2D eigenvalue weighted by Gasteiger charge is 2.07. The predicted molar refractivity (Wildman–Crippen MR) is 77.3 cm³/mol. The SMILES string of the molecule is CCc1c(N)ncnc1Nc1ccc(SC)cc1. The molecule has 0 saturated heterocycles. The van der Waals surface area contributed by atoms with Crippen molar-refractivity contribution in [2.45, 2.75) is 18.2 Å². The van der Waals surface area contributed by atoms with E-state index >= 15 is 0 Å². The van der Waals surface area contributed by atoms with Crippen LogP contribution in [0.3, 0.4) is 0 Å². The van der Waals surface area contributed by atoms with E-state index in [4.69, 9.17) is 5.73 Å². The molecule has 0 spiro atoms. The number of nitrogens with one attached hydrogen (secondary N) is 1. The third-order valence-corrected chi connectivity index (χ3v) is 3.43. The largest absolute Gasteiger partial charge is 0.383 e. The van der Waals surface area contributed by atoms with Crippen molar-refractivity contribution in [3.05, 3.63) is 36.2 Å². The molecule has 1 aromatic heterocycles. The lowest BCUT2D eigenvalue weighted by atomic mass is 10.2. The molecule has 0 amide bonds. The number of nitrogens with two attached hydrogens (primary N) is 1. The fourth-order valence-corrected chi connectivity index (χ4v) is 2.10. The van der Waals surface area contributed by atoms with Crippen molar-refractivity contribution >= 4 is 29.1 Å². The summed E-state index contributed by atoms with van der Waals surface area (Å²) in [6, 6.07) is 8.21. The lowest BCUT2D eigenvalue weighted by molar-refractivity contribution is 1.06. The Morgan fingerprint density at radius 3 is 2.56 bits per heavy atom. The van der Waals surface area contributed by atoms with E-state index in [1.165, 1.54) is 11.2 Å². The van der Waals surface area contributed by atoms with Crippen molar-refractivity contribution in [3.8, 4) is 0 Å². The molecule has 0 atom stereocenters. The van der Waals surface area contributed by atoms with E-state index in [1.807, 2.05) is 19.1 Å². The van der Waals surface area contributed by atoms with E-state index < -0.39 is 0 Å². The van der Waals surface area contributed by atoms with E-state index in [1.54, 1.807) is 11.8 Å². The van der Waals surface area contributed by atoms with Crippen LogP contribution in [-0.4, -0.2) is 16.2 Å². The van der Waals surface area contributed by atoms with Crippen LogP contribution < -0.4 is 11.1 Å². The van der Waals surface area contributed by atoms with Gasteiger partial charge >= 0.3 is 0 Å². The number of anilines is 3. The van der Waals surface area contributed by atoms with Crippen molar-refractivity contribution in [2.24, 2.45) is 0 Å². The van der Waals surface area contributed by atoms with Crippen LogP contribution >= 0.6 is 11.8 Å². The van der Waals surface area contributed by atoms with Crippen LogP contribution in [0, 0.1) is 0 Å². The molecule has 4 nitrogen and oxygen atoms in total. The number of hydrogen-bond acceptors (Lipinski definition) is 5. The maximum Gasteiger partial charge on any atom is 0.139 e. The fraction of sp³-hybridized carbons (Fsp3) is 0.231. The second-order valence-corrected chi connectivity index (χ2v) is 4.67. The predicted octanol–water partition coefficient (Wildman–Crippen LogP) is 3.09. The summed E-state index contributed by atoms with van der Waals surface area (Å²) in [7, 11) is 0. The molecule has 2 aromatic rings. The molecule has 2 rings (SSSR count). The number of rotatable bonds is 4. The van der Waals surface area contributed by atoms with Crippen molar-refractivity contribution in [1.29, 1.82) is 0 Å². The lowest BCUT2D eigenvalue weighted by Crippen LogP contribution is -2.04. The lowest BCUT2D eigenvalue weighted by Gasteiger charge is -2.11. The molecule has 0 bridgehead atoms. The molecule has 1 heterocycles. The number of nitrogen functional groups attached to an aromatic ring is 1. The third kappa shape index (κ3) is 2.73. The first kappa shape index (κ1) is 12.7. The number of benzene rings is 1. The Morgan fingerprint density at radius 1 is 1.22 bits per heavy atom. The van der Waals surface area contributed by atoms with Gasteiger partial charge in [0.15, 0.2) is 0 Å². The highest BCUT2D eigenvalue weighted by atomic mass is 32.2. The van der Waals surface area contributed by atoms with Gasteiger partial charge in [0.1, 0.15) is 18.0 Å². The van der Waals surface area contributed by atoms with Crippen LogP contribution in [0.4, 0.5) is 17.3 Å². The molecule has 0 aliphatic heterocycles. The molecular weight excluding hydrogens is 244 g/mol. The minimum Gasteiger partial charge on any atom is -0.383 e. The second-order valence-electron chi connectivity index (χ2n) is 3.79. The summed E-state index contributed by atoms with van der Waals surface area (Å²) in [5, 5.41) is 3.28. The third-order valence-electron chi connectivity index (χ3n) is 2.69. The van der Waals surface area contributed by atoms with Crippen molar-refractivity contribution in [2.75, 3.05) is 17.3 Å². The quantitative estimate of drug-likeness (QED) is 0.827. The van der Waals surface area contributed by atoms with Crippen LogP contribution in [0.25, 0.3) is 0 Å². The van der Waals surface area contributed by atoms with Gasteiger partial charge in [0.25, 0.3) is 0 Å². The van der Waals surface area contributed by atoms with E-state index in [-0.39, 0.29) is 0 Å². The van der Waals surface area contributed by atoms with Crippen molar-refractivity contribution in [3.63, 3.8) is 0 Å². The molecule has 0 saturated carbocycles. The molecule has 3 N–H and O–H groups in total. The number of thioether (sulfide) groups is 1. The Labute approximate surface area is 111 Å². The van der Waals surface area contributed by atoms with Crippen LogP contribution in [0.15, 0.2) is 35.5 Å². The zero-order chi connectivity index (χ0) is 13.0. The van der Waals surface area contributed by atoms with Gasteiger partial charge in [-0.25, -0.2) is 9.97 Å². The van der Waals surface area contributed by atoms with Crippen LogP contribution in [0.2, 0.25) is 0 Å². The average molecular weight is 260 g/mol. The Balaban J connectivity index is 2.25. The van der Waals surface area contributed by atoms with Gasteiger partial charge in [0.2, 0.25) is 0 Å². The topological polar surface area (TPSA) is 63.8 Å². The van der Waals surface area contributed by atoms with Gasteiger partial charge in [-0.15, -0.1) is 11.8 Å². The van der Waals surface area contributed by atoms with E-state index in [2.05, 4.69) is 33.7 Å².